The Morgan fingerprint density at radius 2 is 2.00 bits per heavy atom. The number of nitrogens with zero attached hydrogens (tertiary/aromatic N) is 2. The molecule has 2 aromatic rings. The number of amides is 1. The number of hydrogen-bond acceptors (Lipinski definition) is 6. The zero-order valence-corrected chi connectivity index (χ0v) is 20.8. The molecule has 1 amide bonds. The van der Waals surface area contributed by atoms with Gasteiger partial charge in [0.1, 0.15) is 24.6 Å². The molecule has 4 aliphatic heterocycles. The highest BCUT2D eigenvalue weighted by Gasteiger charge is 2.41. The maximum Gasteiger partial charge on any atom is 0.326 e. The van der Waals surface area contributed by atoms with Crippen molar-refractivity contribution in [1.29, 1.82) is 0 Å². The highest BCUT2D eigenvalue weighted by atomic mass is 32.2. The topological polar surface area (TPSA) is 88.2 Å². The second kappa shape index (κ2) is 9.32. The minimum absolute atomic E-state index is 0.128. The molecule has 4 aliphatic rings. The van der Waals surface area contributed by atoms with Crippen molar-refractivity contribution < 1.29 is 27.1 Å². The number of carbonyl (C=O) groups excluding carboxylic acids is 1. The van der Waals surface area contributed by atoms with Gasteiger partial charge < -0.3 is 9.47 Å². The lowest BCUT2D eigenvalue weighted by Crippen LogP contribution is -2.35. The van der Waals surface area contributed by atoms with Gasteiger partial charge in [-0.05, 0) is 61.8 Å². The summed E-state index contributed by atoms with van der Waals surface area (Å²) >= 11 is 0. The average molecular weight is 516 g/mol. The molecule has 1 N–H and O–H groups in total. The molecule has 10 heteroatoms. The lowest BCUT2D eigenvalue weighted by molar-refractivity contribution is -0.117. The molecule has 3 fully saturated rings. The van der Waals surface area contributed by atoms with Gasteiger partial charge in [-0.3, -0.25) is 9.69 Å². The first kappa shape index (κ1) is 23.7. The zero-order chi connectivity index (χ0) is 24.9. The smallest absolute Gasteiger partial charge is 0.326 e. The normalized spacial score (nSPS) is 26.8. The van der Waals surface area contributed by atoms with Crippen molar-refractivity contribution >= 4 is 21.8 Å². The Kier molecular flexibility index (Phi) is 6.13. The third-order valence-corrected chi connectivity index (χ3v) is 9.21. The van der Waals surface area contributed by atoms with Crippen LogP contribution in [-0.2, 0) is 39.3 Å². The first-order valence-corrected chi connectivity index (χ1v) is 14.0. The first-order chi connectivity index (χ1) is 17.4. The molecule has 192 valence electrons. The Balaban J connectivity index is 1.27. The fraction of sp³-hybridized carbons (Fsp3) is 0.500. The van der Waals surface area contributed by atoms with E-state index in [-0.39, 0.29) is 18.0 Å². The Bertz CT molecular complexity index is 1270. The van der Waals surface area contributed by atoms with E-state index >= 15 is 4.39 Å². The molecule has 2 aromatic carbocycles. The Labute approximate surface area is 210 Å². The van der Waals surface area contributed by atoms with Crippen LogP contribution in [0.1, 0.15) is 42.4 Å². The van der Waals surface area contributed by atoms with Crippen molar-refractivity contribution in [3.63, 3.8) is 0 Å². The van der Waals surface area contributed by atoms with E-state index in [9.17, 15) is 13.2 Å². The van der Waals surface area contributed by atoms with Crippen molar-refractivity contribution in [3.05, 3.63) is 58.9 Å². The van der Waals surface area contributed by atoms with Crippen molar-refractivity contribution in [2.75, 3.05) is 23.9 Å². The Morgan fingerprint density at radius 3 is 2.69 bits per heavy atom. The van der Waals surface area contributed by atoms with Crippen LogP contribution in [-0.4, -0.2) is 51.1 Å². The van der Waals surface area contributed by atoms with Gasteiger partial charge in [0, 0.05) is 18.7 Å². The first-order valence-electron chi connectivity index (χ1n) is 12.6. The van der Waals surface area contributed by atoms with Gasteiger partial charge in [0.25, 0.3) is 5.91 Å². The van der Waals surface area contributed by atoms with Crippen LogP contribution in [0.15, 0.2) is 36.4 Å². The molecule has 0 aromatic heterocycles. The fourth-order valence-corrected chi connectivity index (χ4v) is 7.15. The van der Waals surface area contributed by atoms with Gasteiger partial charge in [-0.25, -0.2) is 13.4 Å². The number of anilines is 1. The van der Waals surface area contributed by atoms with Gasteiger partial charge in [0.05, 0.1) is 12.2 Å². The van der Waals surface area contributed by atoms with Gasteiger partial charge in [-0.1, -0.05) is 30.3 Å². The number of halogens is 1. The summed E-state index contributed by atoms with van der Waals surface area (Å²) in [7, 11) is -4.20. The van der Waals surface area contributed by atoms with Gasteiger partial charge in [0.15, 0.2) is 5.82 Å². The number of ether oxygens (including phenoxy) is 2. The standard InChI is InChI=1S/C26H30FN3O5S/c27-25-21-14-29(11-9-19-12-20-6-7-22(19)35-20)10-8-18(21)13-23(34-16-17-4-2-1-3-5-17)26(25)30-15-24(31)28-36(30,32)33/h1-5,13,19-20,22H,6-12,14-16H2,(H,28,31). The molecular formula is C26H30FN3O5S. The molecule has 2 bridgehead atoms. The van der Waals surface area contributed by atoms with Crippen LogP contribution >= 0.6 is 0 Å². The number of fused-ring (bicyclic) bond motifs is 3. The van der Waals surface area contributed by atoms with Gasteiger partial charge in [-0.15, -0.1) is 0 Å². The van der Waals surface area contributed by atoms with Crippen molar-refractivity contribution in [2.45, 2.75) is 57.5 Å². The van der Waals surface area contributed by atoms with Crippen LogP contribution < -0.4 is 13.8 Å². The van der Waals surface area contributed by atoms with Crippen LogP contribution in [0.5, 0.6) is 5.75 Å². The second-order valence-corrected chi connectivity index (χ2v) is 11.8. The van der Waals surface area contributed by atoms with Crippen LogP contribution in [0.2, 0.25) is 0 Å². The van der Waals surface area contributed by atoms with Crippen LogP contribution in [0.3, 0.4) is 0 Å². The van der Waals surface area contributed by atoms with E-state index < -0.39 is 28.5 Å². The van der Waals surface area contributed by atoms with E-state index in [2.05, 4.69) is 4.90 Å². The van der Waals surface area contributed by atoms with Gasteiger partial charge in [0.2, 0.25) is 0 Å². The number of carbonyl (C=O) groups is 1. The molecule has 0 radical (unpaired) electrons. The molecule has 8 nitrogen and oxygen atoms in total. The lowest BCUT2D eigenvalue weighted by atomic mass is 9.86. The lowest BCUT2D eigenvalue weighted by Gasteiger charge is -2.32. The van der Waals surface area contributed by atoms with Gasteiger partial charge in [-0.2, -0.15) is 8.42 Å². The summed E-state index contributed by atoms with van der Waals surface area (Å²) in [5.74, 6) is -0.645. The molecule has 4 heterocycles. The van der Waals surface area contributed by atoms with Crippen LogP contribution in [0.4, 0.5) is 10.1 Å². The minimum Gasteiger partial charge on any atom is -0.487 e. The molecule has 6 rings (SSSR count). The highest BCUT2D eigenvalue weighted by Crippen LogP contribution is 2.42. The number of hydrogen-bond donors (Lipinski definition) is 1. The molecule has 3 unspecified atom stereocenters. The highest BCUT2D eigenvalue weighted by molar-refractivity contribution is 7.92. The van der Waals surface area contributed by atoms with E-state index in [1.807, 2.05) is 35.1 Å². The molecule has 36 heavy (non-hydrogen) atoms. The Morgan fingerprint density at radius 1 is 1.17 bits per heavy atom. The molecule has 0 spiro atoms. The summed E-state index contributed by atoms with van der Waals surface area (Å²) in [6.45, 7) is 1.71. The van der Waals surface area contributed by atoms with E-state index in [0.717, 1.165) is 54.2 Å². The van der Waals surface area contributed by atoms with Crippen LogP contribution in [0, 0.1) is 11.7 Å². The Hall–Kier alpha value is -2.69. The number of benzene rings is 2. The minimum atomic E-state index is -4.20. The fourth-order valence-electron chi connectivity index (χ4n) is 5.99. The summed E-state index contributed by atoms with van der Waals surface area (Å²) in [4.78, 5) is 14.2. The van der Waals surface area contributed by atoms with Crippen LogP contribution in [0.25, 0.3) is 0 Å². The molecule has 3 atom stereocenters. The van der Waals surface area contributed by atoms with Crippen molar-refractivity contribution in [3.8, 4) is 5.75 Å². The molecule has 0 aliphatic carbocycles. The largest absolute Gasteiger partial charge is 0.487 e. The predicted molar refractivity (Wildman–Crippen MR) is 131 cm³/mol. The summed E-state index contributed by atoms with van der Waals surface area (Å²) in [6, 6.07) is 11.1. The molecular weight excluding hydrogens is 485 g/mol. The van der Waals surface area contributed by atoms with E-state index in [1.54, 1.807) is 6.07 Å². The maximum atomic E-state index is 16.1. The quantitative estimate of drug-likeness (QED) is 0.610. The maximum absolute atomic E-state index is 16.1. The van der Waals surface area contributed by atoms with E-state index in [1.165, 1.54) is 0 Å². The van der Waals surface area contributed by atoms with E-state index in [4.69, 9.17) is 9.47 Å². The number of nitrogens with one attached hydrogen (secondary N) is 1. The molecule has 0 saturated carbocycles. The van der Waals surface area contributed by atoms with Gasteiger partial charge >= 0.3 is 10.2 Å². The third-order valence-electron chi connectivity index (χ3n) is 7.83. The molecule has 3 saturated heterocycles. The average Bonchev–Trinajstić information content (AvgIpc) is 3.56. The van der Waals surface area contributed by atoms with Crippen molar-refractivity contribution in [2.24, 2.45) is 5.92 Å². The summed E-state index contributed by atoms with van der Waals surface area (Å²) in [5, 5.41) is 0. The second-order valence-electron chi connectivity index (χ2n) is 10.2. The monoisotopic (exact) mass is 515 g/mol. The predicted octanol–water partition coefficient (Wildman–Crippen LogP) is 2.90. The summed E-state index contributed by atoms with van der Waals surface area (Å²) in [6.07, 6.45) is 5.86. The van der Waals surface area contributed by atoms with E-state index in [0.29, 0.717) is 36.7 Å². The zero-order valence-electron chi connectivity index (χ0n) is 20.0. The van der Waals surface area contributed by atoms with Crippen molar-refractivity contribution in [1.82, 2.24) is 9.62 Å². The summed E-state index contributed by atoms with van der Waals surface area (Å²) in [5.41, 5.74) is 1.96. The third kappa shape index (κ3) is 4.46. The number of rotatable bonds is 7. The summed E-state index contributed by atoms with van der Waals surface area (Å²) < 4.78 is 56.1. The SMILES string of the molecule is O=C1CN(c2c(OCc3ccccc3)cc3c(c2F)CN(CCC2CC4CCC2O4)CC3)S(=O)(=O)N1.